The van der Waals surface area contributed by atoms with E-state index in [4.69, 9.17) is 9.47 Å². The summed E-state index contributed by atoms with van der Waals surface area (Å²) in [6.07, 6.45) is 4.53. The number of aryl methyl sites for hydroxylation is 1. The van der Waals surface area contributed by atoms with Gasteiger partial charge in [0.05, 0.1) is 0 Å². The Morgan fingerprint density at radius 1 is 0.840 bits per heavy atom. The molecule has 10 nitrogen and oxygen atoms in total. The zero-order valence-corrected chi connectivity index (χ0v) is 31.9. The van der Waals surface area contributed by atoms with Gasteiger partial charge < -0.3 is 30.1 Å². The maximum absolute atomic E-state index is 14.8. The van der Waals surface area contributed by atoms with E-state index in [1.807, 2.05) is 44.2 Å². The molecule has 4 unspecified atom stereocenters. The molecule has 0 heterocycles. The van der Waals surface area contributed by atoms with Crippen molar-refractivity contribution < 1.29 is 33.8 Å². The molecule has 0 saturated carbocycles. The summed E-state index contributed by atoms with van der Waals surface area (Å²) in [5.41, 5.74) is 0.217. The van der Waals surface area contributed by atoms with E-state index in [2.05, 4.69) is 17.6 Å². The summed E-state index contributed by atoms with van der Waals surface area (Å²) in [6, 6.07) is 10.9. The number of hydrogen-bond donors (Lipinski definition) is 3. The summed E-state index contributed by atoms with van der Waals surface area (Å²) in [6.45, 7) is 18.4. The zero-order valence-electron chi connectivity index (χ0n) is 31.9. The minimum atomic E-state index is -1.19. The molecule has 3 N–H and O–H groups in total. The molecular weight excluding hydrogens is 634 g/mol. The van der Waals surface area contributed by atoms with Crippen LogP contribution in [-0.4, -0.2) is 63.7 Å². The van der Waals surface area contributed by atoms with Crippen LogP contribution in [0.2, 0.25) is 0 Å². The summed E-state index contributed by atoms with van der Waals surface area (Å²) in [7, 11) is 0. The van der Waals surface area contributed by atoms with Gasteiger partial charge in [0.1, 0.15) is 35.1 Å². The van der Waals surface area contributed by atoms with Gasteiger partial charge in [0, 0.05) is 13.0 Å². The van der Waals surface area contributed by atoms with Gasteiger partial charge in [-0.25, -0.2) is 9.59 Å². The number of alkyl carbamates (subject to hydrolysis) is 1. The normalized spacial score (nSPS) is 14.1. The number of hydrogen-bond acceptors (Lipinski definition) is 7. The van der Waals surface area contributed by atoms with Crippen LogP contribution in [-0.2, 0) is 30.3 Å². The Balaban J connectivity index is 2.69. The zero-order chi connectivity index (χ0) is 37.6. The van der Waals surface area contributed by atoms with E-state index in [9.17, 15) is 24.3 Å². The Bertz CT molecular complexity index is 1400. The molecule has 0 aliphatic rings. The number of amides is 3. The number of nitrogens with zero attached hydrogens (tertiary/aromatic N) is 1. The van der Waals surface area contributed by atoms with Gasteiger partial charge in [0.2, 0.25) is 11.8 Å². The number of rotatable bonds is 17. The third-order valence-electron chi connectivity index (χ3n) is 8.32. The van der Waals surface area contributed by atoms with Gasteiger partial charge >= 0.3 is 12.1 Å². The number of benzene rings is 2. The second-order valence-corrected chi connectivity index (χ2v) is 15.2. The first-order valence-corrected chi connectivity index (χ1v) is 18.0. The van der Waals surface area contributed by atoms with E-state index < -0.39 is 53.2 Å². The molecule has 2 aromatic carbocycles. The lowest BCUT2D eigenvalue weighted by Gasteiger charge is -2.37. The lowest BCUT2D eigenvalue weighted by molar-refractivity contribution is -0.159. The lowest BCUT2D eigenvalue weighted by atomic mass is 9.94. The van der Waals surface area contributed by atoms with Crippen LogP contribution in [0.1, 0.15) is 124 Å². The van der Waals surface area contributed by atoms with Crippen molar-refractivity contribution in [2.24, 2.45) is 5.92 Å². The average molecular weight is 696 g/mol. The molecule has 278 valence electrons. The molecule has 0 saturated heterocycles. The van der Waals surface area contributed by atoms with Gasteiger partial charge in [-0.05, 0) is 89.6 Å². The van der Waals surface area contributed by atoms with E-state index in [1.165, 1.54) is 11.0 Å². The van der Waals surface area contributed by atoms with Gasteiger partial charge in [0.25, 0.3) is 0 Å². The number of ether oxygens (including phenoxy) is 2. The maximum atomic E-state index is 14.8. The van der Waals surface area contributed by atoms with Crippen LogP contribution in [0.5, 0.6) is 5.75 Å². The number of phenols is 1. The number of phenolic OH excluding ortho intramolecular Hbond substituents is 1. The van der Waals surface area contributed by atoms with E-state index in [-0.39, 0.29) is 24.6 Å². The lowest BCUT2D eigenvalue weighted by Crippen LogP contribution is -2.56. The number of aromatic hydroxyl groups is 1. The third kappa shape index (κ3) is 14.0. The van der Waals surface area contributed by atoms with Crippen LogP contribution in [0.4, 0.5) is 4.79 Å². The third-order valence-corrected chi connectivity index (χ3v) is 8.32. The second-order valence-electron chi connectivity index (χ2n) is 15.2. The Labute approximate surface area is 299 Å². The van der Waals surface area contributed by atoms with Gasteiger partial charge in [-0.1, -0.05) is 89.3 Å². The quantitative estimate of drug-likeness (QED) is 0.115. The van der Waals surface area contributed by atoms with Crippen molar-refractivity contribution in [1.29, 1.82) is 0 Å². The molecule has 50 heavy (non-hydrogen) atoms. The molecule has 0 spiro atoms. The van der Waals surface area contributed by atoms with Crippen LogP contribution in [0.15, 0.2) is 48.5 Å². The molecule has 2 rings (SSSR count). The van der Waals surface area contributed by atoms with Crippen molar-refractivity contribution in [2.45, 2.75) is 144 Å². The first-order chi connectivity index (χ1) is 23.4. The predicted octanol–water partition coefficient (Wildman–Crippen LogP) is 7.55. The van der Waals surface area contributed by atoms with Crippen molar-refractivity contribution in [2.75, 3.05) is 6.54 Å². The first kappa shape index (κ1) is 42.1. The topological polar surface area (TPSA) is 134 Å². The van der Waals surface area contributed by atoms with Crippen LogP contribution in [0, 0.1) is 12.8 Å². The fourth-order valence-corrected chi connectivity index (χ4v) is 5.54. The summed E-state index contributed by atoms with van der Waals surface area (Å²) >= 11 is 0. The molecule has 0 aliphatic carbocycles. The number of carbonyl (C=O) groups excluding carboxylic acids is 4. The molecule has 3 amide bonds. The number of carbonyl (C=O) groups is 4. The van der Waals surface area contributed by atoms with Gasteiger partial charge in [-0.2, -0.15) is 0 Å². The standard InChI is InChI=1S/C40H61N3O7/c1-11-13-14-15-19-24-43(36(46)33(27(3)12-2)42-38(48)50-40(8,9)10)34(30-22-23-32(44)28(4)25-30)35(45)41-31(37(47)49-39(5,6)7)26-29-20-17-16-18-21-29/h16-18,20-23,25,27,31,33-34,44H,11-15,19,24,26H2,1-10H3,(H,41,45)(H,42,48). The van der Waals surface area contributed by atoms with Crippen LogP contribution < -0.4 is 10.6 Å². The summed E-state index contributed by atoms with van der Waals surface area (Å²) in [4.78, 5) is 57.6. The predicted molar refractivity (Wildman–Crippen MR) is 197 cm³/mol. The molecule has 4 atom stereocenters. The van der Waals surface area contributed by atoms with Crippen molar-refractivity contribution in [3.63, 3.8) is 0 Å². The number of nitrogens with one attached hydrogen (secondary N) is 2. The van der Waals surface area contributed by atoms with Crippen LogP contribution in [0.25, 0.3) is 0 Å². The molecule has 0 aromatic heterocycles. The summed E-state index contributed by atoms with van der Waals surface area (Å²) in [5, 5.41) is 16.1. The smallest absolute Gasteiger partial charge is 0.408 e. The van der Waals surface area contributed by atoms with E-state index in [1.54, 1.807) is 60.6 Å². The summed E-state index contributed by atoms with van der Waals surface area (Å²) < 4.78 is 11.3. The Hall–Kier alpha value is -4.08. The highest BCUT2D eigenvalue weighted by Gasteiger charge is 2.39. The first-order valence-electron chi connectivity index (χ1n) is 18.0. The molecule has 0 fully saturated rings. The number of unbranched alkanes of at least 4 members (excludes halogenated alkanes) is 4. The van der Waals surface area contributed by atoms with Crippen LogP contribution in [0.3, 0.4) is 0 Å². The van der Waals surface area contributed by atoms with Crippen LogP contribution >= 0.6 is 0 Å². The molecular formula is C40H61N3O7. The van der Waals surface area contributed by atoms with Gasteiger partial charge in [-0.3, -0.25) is 9.59 Å². The molecule has 0 bridgehead atoms. The van der Waals surface area contributed by atoms with E-state index in [0.29, 0.717) is 24.0 Å². The Morgan fingerprint density at radius 3 is 2.02 bits per heavy atom. The fraction of sp³-hybridized carbons (Fsp3) is 0.600. The Kier molecular flexibility index (Phi) is 16.3. The van der Waals surface area contributed by atoms with Crippen molar-refractivity contribution in [3.05, 3.63) is 65.2 Å². The minimum absolute atomic E-state index is 0.0464. The molecule has 10 heteroatoms. The highest BCUT2D eigenvalue weighted by molar-refractivity contribution is 5.94. The largest absolute Gasteiger partial charge is 0.508 e. The van der Waals surface area contributed by atoms with Crippen molar-refractivity contribution in [1.82, 2.24) is 15.5 Å². The van der Waals surface area contributed by atoms with Gasteiger partial charge in [0.15, 0.2) is 0 Å². The number of esters is 1. The second kappa shape index (κ2) is 19.3. The maximum Gasteiger partial charge on any atom is 0.408 e. The molecule has 2 aromatic rings. The molecule has 0 radical (unpaired) electrons. The highest BCUT2D eigenvalue weighted by Crippen LogP contribution is 2.29. The average Bonchev–Trinajstić information content (AvgIpc) is 3.02. The van der Waals surface area contributed by atoms with Crippen molar-refractivity contribution >= 4 is 23.9 Å². The van der Waals surface area contributed by atoms with E-state index in [0.717, 1.165) is 31.2 Å². The summed E-state index contributed by atoms with van der Waals surface area (Å²) in [5.74, 6) is -1.87. The fourth-order valence-electron chi connectivity index (χ4n) is 5.54. The van der Waals surface area contributed by atoms with Gasteiger partial charge in [-0.15, -0.1) is 0 Å². The SMILES string of the molecule is CCCCCCCN(C(=O)C(NC(=O)OC(C)(C)C)C(C)CC)C(C(=O)NC(Cc1ccccc1)C(=O)OC(C)(C)C)c1ccc(O)c(C)c1. The Morgan fingerprint density at radius 2 is 1.46 bits per heavy atom. The van der Waals surface area contributed by atoms with E-state index >= 15 is 0 Å². The monoisotopic (exact) mass is 695 g/mol. The molecule has 0 aliphatic heterocycles. The highest BCUT2D eigenvalue weighted by atomic mass is 16.6. The van der Waals surface area contributed by atoms with Crippen molar-refractivity contribution in [3.8, 4) is 5.75 Å². The minimum Gasteiger partial charge on any atom is -0.508 e.